The molecular formula is C20H31ClN8O. The molecule has 5 N–H and O–H groups in total. The zero-order chi connectivity index (χ0) is 21.9. The molecule has 30 heavy (non-hydrogen) atoms. The summed E-state index contributed by atoms with van der Waals surface area (Å²) >= 11 is 6.29. The van der Waals surface area contributed by atoms with Crippen molar-refractivity contribution < 1.29 is 4.79 Å². The summed E-state index contributed by atoms with van der Waals surface area (Å²) in [6.45, 7) is 5.13. The standard InChI is InChI=1S/C20H31ClN8O/c1-4-18(30)25-14-6-5-7-15(10-14)26-19-17(21)13-24-20(28-19)27-16(11-22)12-23-8-9-29(2)3/h4,11-15,22-23H,1,5-10H2,2-3H3,(H,25,30)(H2,24,26,27,28)/b16-12+,22-11?. The van der Waals surface area contributed by atoms with E-state index in [9.17, 15) is 4.79 Å². The molecule has 1 fully saturated rings. The highest BCUT2D eigenvalue weighted by Gasteiger charge is 2.23. The molecule has 2 unspecified atom stereocenters. The summed E-state index contributed by atoms with van der Waals surface area (Å²) in [6, 6.07) is 0.236. The van der Waals surface area contributed by atoms with Crippen LogP contribution in [-0.2, 0) is 4.79 Å². The van der Waals surface area contributed by atoms with E-state index in [1.807, 2.05) is 14.1 Å². The van der Waals surface area contributed by atoms with Crippen LogP contribution in [-0.4, -0.2) is 66.3 Å². The van der Waals surface area contributed by atoms with Gasteiger partial charge in [-0.15, -0.1) is 0 Å². The molecule has 10 heteroatoms. The zero-order valence-electron chi connectivity index (χ0n) is 17.5. The number of halogens is 1. The van der Waals surface area contributed by atoms with Crippen molar-refractivity contribution in [3.05, 3.63) is 35.8 Å². The Kier molecular flexibility index (Phi) is 9.56. The number of nitrogens with one attached hydrogen (secondary N) is 5. The van der Waals surface area contributed by atoms with E-state index in [1.165, 1.54) is 18.5 Å². The van der Waals surface area contributed by atoms with Crippen molar-refractivity contribution in [2.24, 2.45) is 0 Å². The molecular weight excluding hydrogens is 404 g/mol. The number of allylic oxidation sites excluding steroid dienone is 1. The summed E-state index contributed by atoms with van der Waals surface area (Å²) in [6.07, 6.45) is 9.41. The zero-order valence-corrected chi connectivity index (χ0v) is 18.3. The van der Waals surface area contributed by atoms with Crippen LogP contribution >= 0.6 is 11.6 Å². The van der Waals surface area contributed by atoms with E-state index in [-0.39, 0.29) is 18.0 Å². The van der Waals surface area contributed by atoms with Gasteiger partial charge in [-0.25, -0.2) is 4.98 Å². The van der Waals surface area contributed by atoms with Crippen LogP contribution in [0.25, 0.3) is 0 Å². The first-order chi connectivity index (χ1) is 14.4. The van der Waals surface area contributed by atoms with Crippen LogP contribution in [0.2, 0.25) is 5.02 Å². The van der Waals surface area contributed by atoms with Crippen molar-refractivity contribution in [3.63, 3.8) is 0 Å². The van der Waals surface area contributed by atoms with Crippen LogP contribution in [0.15, 0.2) is 30.7 Å². The van der Waals surface area contributed by atoms with Crippen LogP contribution in [0, 0.1) is 5.41 Å². The van der Waals surface area contributed by atoms with Gasteiger partial charge >= 0.3 is 0 Å². The largest absolute Gasteiger partial charge is 0.388 e. The summed E-state index contributed by atoms with van der Waals surface area (Å²) in [5.41, 5.74) is 0.534. The molecule has 0 spiro atoms. The maximum absolute atomic E-state index is 11.6. The van der Waals surface area contributed by atoms with Crippen LogP contribution in [0.3, 0.4) is 0 Å². The van der Waals surface area contributed by atoms with E-state index < -0.39 is 0 Å². The fourth-order valence-corrected chi connectivity index (χ4v) is 3.29. The molecule has 1 heterocycles. The third-order valence-electron chi connectivity index (χ3n) is 4.66. The van der Waals surface area contributed by atoms with E-state index in [2.05, 4.69) is 42.7 Å². The van der Waals surface area contributed by atoms with Gasteiger partial charge in [0.2, 0.25) is 11.9 Å². The van der Waals surface area contributed by atoms with Crippen LogP contribution < -0.4 is 21.3 Å². The highest BCUT2D eigenvalue weighted by Crippen LogP contribution is 2.26. The molecule has 0 bridgehead atoms. The van der Waals surface area contributed by atoms with E-state index in [0.717, 1.165) is 38.8 Å². The molecule has 9 nitrogen and oxygen atoms in total. The van der Waals surface area contributed by atoms with E-state index in [4.69, 9.17) is 17.0 Å². The first-order valence-corrected chi connectivity index (χ1v) is 10.4. The van der Waals surface area contributed by atoms with Crippen molar-refractivity contribution >= 4 is 35.5 Å². The van der Waals surface area contributed by atoms with Gasteiger partial charge in [0.25, 0.3) is 0 Å². The van der Waals surface area contributed by atoms with Gasteiger partial charge < -0.3 is 31.6 Å². The number of amides is 1. The molecule has 1 aromatic heterocycles. The van der Waals surface area contributed by atoms with Crippen molar-refractivity contribution in [1.29, 1.82) is 5.41 Å². The van der Waals surface area contributed by atoms with E-state index in [1.54, 1.807) is 6.20 Å². The molecule has 0 aliphatic heterocycles. The van der Waals surface area contributed by atoms with Gasteiger partial charge in [-0.05, 0) is 45.9 Å². The Morgan fingerprint density at radius 2 is 2.17 bits per heavy atom. The van der Waals surface area contributed by atoms with Gasteiger partial charge in [0.05, 0.1) is 11.9 Å². The SMILES string of the molecule is C=CC(=O)NC1CCCC(Nc2nc(N/C(C=N)=C/NCCN(C)C)ncc2Cl)C1. The fraction of sp³-hybridized carbons (Fsp3) is 0.500. The second-order valence-electron chi connectivity index (χ2n) is 7.43. The lowest BCUT2D eigenvalue weighted by Crippen LogP contribution is -2.41. The topological polar surface area (TPSA) is 118 Å². The van der Waals surface area contributed by atoms with Gasteiger partial charge in [0.1, 0.15) is 5.02 Å². The minimum absolute atomic E-state index is 0.0978. The predicted molar refractivity (Wildman–Crippen MR) is 122 cm³/mol. The molecule has 1 aromatic rings. The van der Waals surface area contributed by atoms with Gasteiger partial charge in [-0.3, -0.25) is 4.79 Å². The molecule has 0 radical (unpaired) electrons. The number of likely N-dealkylation sites (N-methyl/N-ethyl adjacent to an activating group) is 1. The Labute approximate surface area is 182 Å². The summed E-state index contributed by atoms with van der Waals surface area (Å²) in [5.74, 6) is 0.718. The Hall–Kier alpha value is -2.65. The Morgan fingerprint density at radius 3 is 2.87 bits per heavy atom. The minimum Gasteiger partial charge on any atom is -0.388 e. The maximum Gasteiger partial charge on any atom is 0.243 e. The Balaban J connectivity index is 1.98. The summed E-state index contributed by atoms with van der Waals surface area (Å²) in [4.78, 5) is 22.3. The van der Waals surface area contributed by atoms with Crippen molar-refractivity contribution in [3.8, 4) is 0 Å². The average Bonchev–Trinajstić information content (AvgIpc) is 2.72. The minimum atomic E-state index is -0.155. The lowest BCUT2D eigenvalue weighted by Gasteiger charge is -2.30. The van der Waals surface area contributed by atoms with Crippen molar-refractivity contribution in [2.45, 2.75) is 37.8 Å². The quantitative estimate of drug-likeness (QED) is 0.206. The number of nitrogens with zero attached hydrogens (tertiary/aromatic N) is 3. The van der Waals surface area contributed by atoms with Crippen molar-refractivity contribution in [1.82, 2.24) is 25.5 Å². The third kappa shape index (κ3) is 8.00. The second kappa shape index (κ2) is 12.1. The average molecular weight is 435 g/mol. The van der Waals surface area contributed by atoms with Crippen LogP contribution in [0.5, 0.6) is 0 Å². The molecule has 1 aliphatic carbocycles. The predicted octanol–water partition coefficient (Wildman–Crippen LogP) is 2.21. The maximum atomic E-state index is 11.6. The summed E-state index contributed by atoms with van der Waals surface area (Å²) < 4.78 is 0. The number of rotatable bonds is 11. The highest BCUT2D eigenvalue weighted by atomic mass is 35.5. The smallest absolute Gasteiger partial charge is 0.243 e. The summed E-state index contributed by atoms with van der Waals surface area (Å²) in [7, 11) is 4.00. The van der Waals surface area contributed by atoms with E-state index >= 15 is 0 Å². The molecule has 2 atom stereocenters. The number of hydrogen-bond donors (Lipinski definition) is 5. The van der Waals surface area contributed by atoms with Crippen LogP contribution in [0.1, 0.15) is 25.7 Å². The number of carbonyl (C=O) groups is 1. The monoisotopic (exact) mass is 434 g/mol. The Bertz CT molecular complexity index is 767. The normalized spacial score (nSPS) is 19.1. The van der Waals surface area contributed by atoms with Gasteiger partial charge in [0.15, 0.2) is 5.82 Å². The lowest BCUT2D eigenvalue weighted by molar-refractivity contribution is -0.117. The molecule has 0 aromatic carbocycles. The molecule has 1 amide bonds. The highest BCUT2D eigenvalue weighted by molar-refractivity contribution is 6.32. The van der Waals surface area contributed by atoms with Gasteiger partial charge in [-0.1, -0.05) is 18.2 Å². The molecule has 2 rings (SSSR count). The lowest BCUT2D eigenvalue weighted by atomic mass is 9.91. The molecule has 1 saturated carbocycles. The van der Waals surface area contributed by atoms with E-state index in [0.29, 0.717) is 22.5 Å². The molecule has 164 valence electrons. The van der Waals surface area contributed by atoms with Gasteiger partial charge in [0, 0.05) is 37.6 Å². The summed E-state index contributed by atoms with van der Waals surface area (Å²) in [5, 5.41) is 20.5. The number of aromatic nitrogens is 2. The third-order valence-corrected chi connectivity index (χ3v) is 4.94. The number of carbonyl (C=O) groups excluding carboxylic acids is 1. The molecule has 1 aliphatic rings. The Morgan fingerprint density at radius 1 is 1.40 bits per heavy atom. The number of anilines is 2. The first kappa shape index (κ1) is 23.6. The second-order valence-corrected chi connectivity index (χ2v) is 7.84. The first-order valence-electron chi connectivity index (χ1n) is 9.99. The number of hydrogen-bond acceptors (Lipinski definition) is 8. The van der Waals surface area contributed by atoms with Crippen molar-refractivity contribution in [2.75, 3.05) is 37.8 Å². The van der Waals surface area contributed by atoms with Crippen LogP contribution in [0.4, 0.5) is 11.8 Å². The molecule has 0 saturated heterocycles. The van der Waals surface area contributed by atoms with Gasteiger partial charge in [-0.2, -0.15) is 4.98 Å². The fourth-order valence-electron chi connectivity index (χ4n) is 3.15.